The SMILES string of the molecule is C[CH-]C.[Cl-].[Cl-].[Cl-].[Mg+2].[Zn+2]. The second-order valence-electron chi connectivity index (χ2n) is 0.577. The molecule has 0 bridgehead atoms. The van der Waals surface area contributed by atoms with Crippen LogP contribution < -0.4 is 37.2 Å². The Hall–Kier alpha value is 2.26. The standard InChI is InChI=1S/C3H7.3ClH.Mg.Zn/c1-3-2;;;;;/h3H,1-2H3;3*1H;;/q-1;;;;2*+2/p-3. The number of rotatable bonds is 0. The second kappa shape index (κ2) is 59.5. The van der Waals surface area contributed by atoms with Gasteiger partial charge in [0.1, 0.15) is 0 Å². The van der Waals surface area contributed by atoms with Crippen LogP contribution in [0.3, 0.4) is 0 Å². The number of hydrogen-bond donors (Lipinski definition) is 0. The van der Waals surface area contributed by atoms with Crippen molar-refractivity contribution in [3.8, 4) is 0 Å². The maximum Gasteiger partial charge on any atom is 2.00 e. The molecule has 0 saturated carbocycles. The molecule has 0 rings (SSSR count). The minimum atomic E-state index is 0. The van der Waals surface area contributed by atoms with Crippen LogP contribution in [0.1, 0.15) is 13.8 Å². The number of hydrogen-bond acceptors (Lipinski definition) is 0. The first-order valence-corrected chi connectivity index (χ1v) is 1.15. The predicted molar refractivity (Wildman–Crippen MR) is 21.4 cm³/mol. The van der Waals surface area contributed by atoms with Crippen LogP contribution in [0.15, 0.2) is 0 Å². The third kappa shape index (κ3) is 85.3. The van der Waals surface area contributed by atoms with Gasteiger partial charge in [-0.05, 0) is 0 Å². The van der Waals surface area contributed by atoms with Crippen LogP contribution in [0.5, 0.6) is 0 Å². The van der Waals surface area contributed by atoms with E-state index in [1.54, 1.807) is 0 Å². The van der Waals surface area contributed by atoms with Gasteiger partial charge in [-0.2, -0.15) is 13.8 Å². The van der Waals surface area contributed by atoms with Gasteiger partial charge in [0.05, 0.1) is 0 Å². The van der Waals surface area contributed by atoms with E-state index in [9.17, 15) is 0 Å². The van der Waals surface area contributed by atoms with E-state index in [2.05, 4.69) is 0 Å². The molecule has 5 heteroatoms. The molecular formula is C3H7Cl3MgZn. The Bertz CT molecular complexity index is 14.5. The first-order valence-electron chi connectivity index (χ1n) is 1.15. The Morgan fingerprint density at radius 1 is 0.875 bits per heavy atom. The summed E-state index contributed by atoms with van der Waals surface area (Å²) in [5.41, 5.74) is 0. The Balaban J connectivity index is -0.00000000200. The van der Waals surface area contributed by atoms with Gasteiger partial charge in [-0.1, -0.05) is 0 Å². The zero-order valence-corrected chi connectivity index (χ0v) is 11.8. The fourth-order valence-electron chi connectivity index (χ4n) is 0. The summed E-state index contributed by atoms with van der Waals surface area (Å²) in [5, 5.41) is 0. The summed E-state index contributed by atoms with van der Waals surface area (Å²) in [7, 11) is 0. The normalized spacial score (nSPS) is 2.25. The van der Waals surface area contributed by atoms with Crippen molar-refractivity contribution in [2.24, 2.45) is 0 Å². The molecular weight excluding hydrogens is 232 g/mol. The largest absolute Gasteiger partial charge is 2.00 e. The first-order chi connectivity index (χ1) is 1.41. The molecule has 0 aliphatic heterocycles. The van der Waals surface area contributed by atoms with Crippen molar-refractivity contribution in [2.45, 2.75) is 13.8 Å². The first kappa shape index (κ1) is 48.5. The fourth-order valence-corrected chi connectivity index (χ4v) is 0. The molecule has 0 amide bonds. The van der Waals surface area contributed by atoms with Crippen molar-refractivity contribution in [1.29, 1.82) is 0 Å². The van der Waals surface area contributed by atoms with Gasteiger partial charge >= 0.3 is 42.5 Å². The Labute approximate surface area is 99.1 Å². The summed E-state index contributed by atoms with van der Waals surface area (Å²) in [4.78, 5) is 0. The summed E-state index contributed by atoms with van der Waals surface area (Å²) in [6, 6.07) is 0. The molecule has 0 saturated heterocycles. The van der Waals surface area contributed by atoms with Gasteiger partial charge in [0, 0.05) is 0 Å². The van der Waals surface area contributed by atoms with Crippen LogP contribution in [-0.2, 0) is 19.5 Å². The Morgan fingerprint density at radius 2 is 0.875 bits per heavy atom. The van der Waals surface area contributed by atoms with Crippen LogP contribution in [-0.4, -0.2) is 23.1 Å². The van der Waals surface area contributed by atoms with E-state index in [0.717, 1.165) is 0 Å². The van der Waals surface area contributed by atoms with E-state index in [4.69, 9.17) is 0 Å². The van der Waals surface area contributed by atoms with Gasteiger partial charge < -0.3 is 43.6 Å². The number of halogens is 3. The van der Waals surface area contributed by atoms with Gasteiger partial charge in [-0.3, -0.25) is 0 Å². The van der Waals surface area contributed by atoms with Crippen molar-refractivity contribution >= 4 is 23.1 Å². The molecule has 0 aromatic rings. The average molecular weight is 239 g/mol. The zero-order valence-electron chi connectivity index (χ0n) is 5.13. The van der Waals surface area contributed by atoms with Gasteiger partial charge in [0.2, 0.25) is 0 Å². The molecule has 0 aliphatic carbocycles. The third-order valence-electron chi connectivity index (χ3n) is 0. The Kier molecular flexibility index (Phi) is 360. The molecule has 0 atom stereocenters. The van der Waals surface area contributed by atoms with Gasteiger partial charge in [0.15, 0.2) is 0 Å². The van der Waals surface area contributed by atoms with Crippen molar-refractivity contribution in [3.63, 3.8) is 0 Å². The van der Waals surface area contributed by atoms with Crippen LogP contribution in [0.2, 0.25) is 0 Å². The fraction of sp³-hybridized carbons (Fsp3) is 0.667. The van der Waals surface area contributed by atoms with E-state index in [1.165, 1.54) is 0 Å². The molecule has 44 valence electrons. The molecule has 0 aromatic carbocycles. The third-order valence-corrected chi connectivity index (χ3v) is 0. The maximum absolute atomic E-state index is 2.00. The van der Waals surface area contributed by atoms with E-state index in [1.807, 2.05) is 20.3 Å². The van der Waals surface area contributed by atoms with Gasteiger partial charge in [-0.15, -0.1) is 0 Å². The molecule has 0 N–H and O–H groups in total. The van der Waals surface area contributed by atoms with Crippen molar-refractivity contribution in [1.82, 2.24) is 0 Å². The molecule has 8 heavy (non-hydrogen) atoms. The summed E-state index contributed by atoms with van der Waals surface area (Å²) in [5.74, 6) is 0. The van der Waals surface area contributed by atoms with Crippen molar-refractivity contribution < 1.29 is 56.7 Å². The average Bonchev–Trinajstić information content (AvgIpc) is 0.918. The van der Waals surface area contributed by atoms with Crippen molar-refractivity contribution in [3.05, 3.63) is 6.42 Å². The molecule has 0 aliphatic rings. The molecule has 0 radical (unpaired) electrons. The zero-order chi connectivity index (χ0) is 2.71. The van der Waals surface area contributed by atoms with Gasteiger partial charge in [-0.25, -0.2) is 0 Å². The smallest absolute Gasteiger partial charge is 1.00 e. The molecule has 0 spiro atoms. The van der Waals surface area contributed by atoms with Crippen LogP contribution in [0.4, 0.5) is 0 Å². The van der Waals surface area contributed by atoms with E-state index >= 15 is 0 Å². The summed E-state index contributed by atoms with van der Waals surface area (Å²) < 4.78 is 0. The monoisotopic (exact) mass is 236 g/mol. The molecule has 0 aromatic heterocycles. The molecule has 0 nitrogen and oxygen atoms in total. The minimum absolute atomic E-state index is 0. The maximum atomic E-state index is 2.00. The summed E-state index contributed by atoms with van der Waals surface area (Å²) >= 11 is 0. The van der Waals surface area contributed by atoms with Gasteiger partial charge in [0.25, 0.3) is 0 Å². The second-order valence-corrected chi connectivity index (χ2v) is 0.577. The van der Waals surface area contributed by atoms with Crippen LogP contribution in [0, 0.1) is 6.42 Å². The van der Waals surface area contributed by atoms with E-state index in [-0.39, 0.29) is 79.8 Å². The Morgan fingerprint density at radius 3 is 0.875 bits per heavy atom. The molecule has 0 fully saturated rings. The topological polar surface area (TPSA) is 0 Å². The molecule has 0 heterocycles. The van der Waals surface area contributed by atoms with Crippen LogP contribution in [0.25, 0.3) is 0 Å². The quantitative estimate of drug-likeness (QED) is 0.291. The van der Waals surface area contributed by atoms with E-state index < -0.39 is 0 Å². The minimum Gasteiger partial charge on any atom is -1.00 e. The summed E-state index contributed by atoms with van der Waals surface area (Å²) in [6.07, 6.45) is 2.00. The van der Waals surface area contributed by atoms with Crippen molar-refractivity contribution in [2.75, 3.05) is 0 Å². The predicted octanol–water partition coefficient (Wildman–Crippen LogP) is -8.14. The van der Waals surface area contributed by atoms with E-state index in [0.29, 0.717) is 0 Å². The summed E-state index contributed by atoms with van der Waals surface area (Å²) in [6.45, 7) is 4.00. The molecule has 0 unspecified atom stereocenters. The van der Waals surface area contributed by atoms with Crippen LogP contribution >= 0.6 is 0 Å².